The average molecular weight is 265 g/mol. The molecule has 0 atom stereocenters. The Balaban J connectivity index is 1.44. The summed E-state index contributed by atoms with van der Waals surface area (Å²) < 4.78 is 10.8. The molecule has 0 aromatic carbocycles. The third-order valence-corrected chi connectivity index (χ3v) is 4.00. The number of nitrogens with one attached hydrogen (secondary N) is 1. The van der Waals surface area contributed by atoms with Crippen LogP contribution in [0, 0.1) is 0 Å². The van der Waals surface area contributed by atoms with Crippen LogP contribution in [0.5, 0.6) is 0 Å². The molecule has 0 radical (unpaired) electrons. The molecule has 0 unspecified atom stereocenters. The molecule has 1 saturated heterocycles. The van der Waals surface area contributed by atoms with Crippen molar-refractivity contribution in [3.05, 3.63) is 17.5 Å². The van der Waals surface area contributed by atoms with Crippen LogP contribution in [0.1, 0.15) is 37.1 Å². The minimum absolute atomic E-state index is 0.435. The van der Waals surface area contributed by atoms with Crippen LogP contribution in [0.25, 0.3) is 0 Å². The quantitative estimate of drug-likeness (QED) is 0.845. The van der Waals surface area contributed by atoms with Crippen molar-refractivity contribution in [1.29, 1.82) is 0 Å². The molecule has 0 bridgehead atoms. The lowest BCUT2D eigenvalue weighted by Gasteiger charge is -2.30. The molecule has 1 aliphatic carbocycles. The van der Waals surface area contributed by atoms with Crippen molar-refractivity contribution in [1.82, 2.24) is 15.4 Å². The number of methoxy groups -OCH3 is 1. The molecule has 1 saturated carbocycles. The number of aromatic nitrogens is 1. The fourth-order valence-electron chi connectivity index (χ4n) is 2.57. The summed E-state index contributed by atoms with van der Waals surface area (Å²) in [6.07, 6.45) is 5.27. The van der Waals surface area contributed by atoms with E-state index in [9.17, 15) is 0 Å². The van der Waals surface area contributed by atoms with Gasteiger partial charge >= 0.3 is 0 Å². The maximum absolute atomic E-state index is 5.41. The van der Waals surface area contributed by atoms with Gasteiger partial charge in [-0.2, -0.15) is 0 Å². The Morgan fingerprint density at radius 3 is 2.84 bits per heavy atom. The van der Waals surface area contributed by atoms with Gasteiger partial charge in [0.2, 0.25) is 0 Å². The Morgan fingerprint density at radius 1 is 1.37 bits per heavy atom. The molecule has 2 aliphatic rings. The van der Waals surface area contributed by atoms with Crippen LogP contribution in [0.4, 0.5) is 0 Å². The summed E-state index contributed by atoms with van der Waals surface area (Å²) in [5.41, 5.74) is 1.02. The summed E-state index contributed by atoms with van der Waals surface area (Å²) in [5.74, 6) is 0.975. The molecule has 0 amide bonds. The van der Waals surface area contributed by atoms with Gasteiger partial charge in [-0.05, 0) is 25.7 Å². The van der Waals surface area contributed by atoms with Gasteiger partial charge in [-0.25, -0.2) is 0 Å². The molecule has 5 nitrogen and oxygen atoms in total. The van der Waals surface area contributed by atoms with Gasteiger partial charge in [-0.15, -0.1) is 0 Å². The molecule has 106 valence electrons. The molecule has 19 heavy (non-hydrogen) atoms. The van der Waals surface area contributed by atoms with Crippen LogP contribution in [0.3, 0.4) is 0 Å². The number of likely N-dealkylation sites (tertiary alicyclic amines) is 1. The minimum Gasteiger partial charge on any atom is -0.381 e. The van der Waals surface area contributed by atoms with Crippen LogP contribution in [0.2, 0.25) is 0 Å². The molecule has 2 fully saturated rings. The van der Waals surface area contributed by atoms with E-state index in [1.807, 2.05) is 0 Å². The van der Waals surface area contributed by atoms with Crippen molar-refractivity contribution in [3.8, 4) is 0 Å². The summed E-state index contributed by atoms with van der Waals surface area (Å²) in [6, 6.07) is 2.80. The zero-order chi connectivity index (χ0) is 13.1. The normalized spacial score (nSPS) is 21.9. The lowest BCUT2D eigenvalue weighted by molar-refractivity contribution is 0.0364. The van der Waals surface area contributed by atoms with Gasteiger partial charge < -0.3 is 14.6 Å². The van der Waals surface area contributed by atoms with E-state index in [2.05, 4.69) is 21.4 Å². The Labute approximate surface area is 114 Å². The Bertz CT molecular complexity index is 395. The van der Waals surface area contributed by atoms with E-state index >= 15 is 0 Å². The summed E-state index contributed by atoms with van der Waals surface area (Å²) >= 11 is 0. The molecule has 3 rings (SSSR count). The Morgan fingerprint density at radius 2 is 2.16 bits per heavy atom. The number of hydrogen-bond donors (Lipinski definition) is 1. The molecule has 1 aromatic rings. The van der Waals surface area contributed by atoms with Crippen molar-refractivity contribution in [2.45, 2.75) is 50.9 Å². The van der Waals surface area contributed by atoms with Gasteiger partial charge in [0.1, 0.15) is 0 Å². The summed E-state index contributed by atoms with van der Waals surface area (Å²) in [4.78, 5) is 2.41. The number of piperidine rings is 1. The molecular formula is C14H23N3O2. The third kappa shape index (κ3) is 3.78. The maximum atomic E-state index is 5.41. The highest BCUT2D eigenvalue weighted by Gasteiger charge is 2.22. The zero-order valence-corrected chi connectivity index (χ0v) is 11.6. The molecule has 0 spiro atoms. The monoisotopic (exact) mass is 265 g/mol. The number of hydrogen-bond acceptors (Lipinski definition) is 5. The minimum atomic E-state index is 0.435. The highest BCUT2D eigenvalue weighted by Crippen LogP contribution is 2.20. The van der Waals surface area contributed by atoms with Crippen LogP contribution in [0.15, 0.2) is 10.6 Å². The highest BCUT2D eigenvalue weighted by molar-refractivity contribution is 5.06. The first-order chi connectivity index (χ1) is 9.33. The predicted molar refractivity (Wildman–Crippen MR) is 71.7 cm³/mol. The van der Waals surface area contributed by atoms with Gasteiger partial charge in [0.25, 0.3) is 0 Å². The van der Waals surface area contributed by atoms with Crippen molar-refractivity contribution >= 4 is 0 Å². The lowest BCUT2D eigenvalue weighted by Crippen LogP contribution is -2.36. The topological polar surface area (TPSA) is 50.5 Å². The second kappa shape index (κ2) is 6.03. The van der Waals surface area contributed by atoms with Gasteiger partial charge in [-0.1, -0.05) is 5.16 Å². The molecule has 1 aromatic heterocycles. The first-order valence-corrected chi connectivity index (χ1v) is 7.26. The second-order valence-electron chi connectivity index (χ2n) is 5.65. The maximum Gasteiger partial charge on any atom is 0.151 e. The van der Waals surface area contributed by atoms with E-state index in [1.165, 1.54) is 12.8 Å². The Kier molecular flexibility index (Phi) is 4.15. The number of rotatable bonds is 6. The number of nitrogens with zero attached hydrogens (tertiary/aromatic N) is 2. The first-order valence-electron chi connectivity index (χ1n) is 7.26. The van der Waals surface area contributed by atoms with Crippen LogP contribution in [-0.2, 0) is 17.8 Å². The fraction of sp³-hybridized carbons (Fsp3) is 0.786. The SMILES string of the molecule is COC1CCN(Cc2cc(CNC3CC3)no2)CC1. The Hall–Kier alpha value is -0.910. The van der Waals surface area contributed by atoms with E-state index in [4.69, 9.17) is 9.26 Å². The smallest absolute Gasteiger partial charge is 0.151 e. The van der Waals surface area contributed by atoms with Crippen LogP contribution in [-0.4, -0.2) is 42.4 Å². The number of ether oxygens (including phenoxy) is 1. The third-order valence-electron chi connectivity index (χ3n) is 4.00. The van der Waals surface area contributed by atoms with Crippen molar-refractivity contribution in [2.75, 3.05) is 20.2 Å². The fourth-order valence-corrected chi connectivity index (χ4v) is 2.57. The second-order valence-corrected chi connectivity index (χ2v) is 5.65. The zero-order valence-electron chi connectivity index (χ0n) is 11.6. The van der Waals surface area contributed by atoms with E-state index in [-0.39, 0.29) is 0 Å². The average Bonchev–Trinajstić information content (AvgIpc) is 3.17. The van der Waals surface area contributed by atoms with Gasteiger partial charge in [-0.3, -0.25) is 4.90 Å². The van der Waals surface area contributed by atoms with Crippen molar-refractivity contribution in [2.24, 2.45) is 0 Å². The van der Waals surface area contributed by atoms with E-state index in [0.717, 1.165) is 50.5 Å². The van der Waals surface area contributed by atoms with Crippen LogP contribution >= 0.6 is 0 Å². The van der Waals surface area contributed by atoms with Crippen molar-refractivity contribution in [3.63, 3.8) is 0 Å². The van der Waals surface area contributed by atoms with Gasteiger partial charge in [0.05, 0.1) is 18.3 Å². The molecule has 2 heterocycles. The summed E-state index contributed by atoms with van der Waals surface area (Å²) in [5, 5.41) is 7.57. The van der Waals surface area contributed by atoms with E-state index in [1.54, 1.807) is 7.11 Å². The largest absolute Gasteiger partial charge is 0.381 e. The van der Waals surface area contributed by atoms with Gasteiger partial charge in [0.15, 0.2) is 5.76 Å². The standard InChI is InChI=1S/C14H23N3O2/c1-18-13-4-6-17(7-5-13)10-14-8-12(16-19-14)9-15-11-2-3-11/h8,11,13,15H,2-7,9-10H2,1H3. The van der Waals surface area contributed by atoms with E-state index in [0.29, 0.717) is 12.1 Å². The molecule has 1 aliphatic heterocycles. The van der Waals surface area contributed by atoms with E-state index < -0.39 is 0 Å². The van der Waals surface area contributed by atoms with Crippen LogP contribution < -0.4 is 5.32 Å². The predicted octanol–water partition coefficient (Wildman–Crippen LogP) is 1.54. The molecule has 5 heteroatoms. The van der Waals surface area contributed by atoms with Crippen molar-refractivity contribution < 1.29 is 9.26 Å². The molecule has 1 N–H and O–H groups in total. The summed E-state index contributed by atoms with van der Waals surface area (Å²) in [6.45, 7) is 3.86. The highest BCUT2D eigenvalue weighted by atomic mass is 16.5. The van der Waals surface area contributed by atoms with Gasteiger partial charge in [0, 0.05) is 38.9 Å². The lowest BCUT2D eigenvalue weighted by atomic mass is 10.1. The molecular weight excluding hydrogens is 242 g/mol. The summed E-state index contributed by atoms with van der Waals surface area (Å²) in [7, 11) is 1.80. The first kappa shape index (κ1) is 13.1.